The van der Waals surface area contributed by atoms with E-state index in [1.165, 1.54) is 0 Å². The second-order valence-electron chi connectivity index (χ2n) is 4.48. The van der Waals surface area contributed by atoms with Gasteiger partial charge >= 0.3 is 0 Å². The zero-order valence-electron chi connectivity index (χ0n) is 10.9. The minimum absolute atomic E-state index is 0.250. The van der Waals surface area contributed by atoms with Crippen LogP contribution in [0.2, 0.25) is 0 Å². The lowest BCUT2D eigenvalue weighted by molar-refractivity contribution is 0.122. The first-order chi connectivity index (χ1) is 9.78. The minimum Gasteiger partial charge on any atom is -0.378 e. The van der Waals surface area contributed by atoms with E-state index >= 15 is 0 Å². The molecule has 2 N–H and O–H groups in total. The molecule has 2 aromatic rings. The molecule has 1 aromatic carbocycles. The van der Waals surface area contributed by atoms with E-state index in [0.29, 0.717) is 11.7 Å². The molecule has 6 nitrogen and oxygen atoms in total. The molecule has 0 saturated carbocycles. The summed E-state index contributed by atoms with van der Waals surface area (Å²) in [6.45, 7) is 3.58. The number of aromatic nitrogens is 2. The highest BCUT2D eigenvalue weighted by Crippen LogP contribution is 2.31. The van der Waals surface area contributed by atoms with Gasteiger partial charge in [0.25, 0.3) is 0 Å². The average molecular weight is 339 g/mol. The topological polar surface area (TPSA) is 77.4 Å². The molecule has 3 rings (SSSR count). The molecule has 1 fully saturated rings. The van der Waals surface area contributed by atoms with Crippen LogP contribution in [-0.2, 0) is 11.3 Å². The smallest absolute Gasteiger partial charge is 0.240 e. The van der Waals surface area contributed by atoms with Gasteiger partial charge in [-0.3, -0.25) is 0 Å². The highest BCUT2D eigenvalue weighted by Gasteiger charge is 2.15. The van der Waals surface area contributed by atoms with Crippen LogP contribution in [0.4, 0.5) is 5.69 Å². The Bertz CT molecular complexity index is 596. The van der Waals surface area contributed by atoms with Crippen molar-refractivity contribution in [3.8, 4) is 11.4 Å². The van der Waals surface area contributed by atoms with Crippen LogP contribution in [0.5, 0.6) is 0 Å². The summed E-state index contributed by atoms with van der Waals surface area (Å²) in [6.07, 6.45) is 0. The maximum absolute atomic E-state index is 5.47. The maximum Gasteiger partial charge on any atom is 0.240 e. The lowest BCUT2D eigenvalue weighted by atomic mass is 10.2. The van der Waals surface area contributed by atoms with Crippen LogP contribution in [0.1, 0.15) is 5.89 Å². The Morgan fingerprint density at radius 3 is 2.75 bits per heavy atom. The van der Waals surface area contributed by atoms with Gasteiger partial charge < -0.3 is 19.9 Å². The maximum atomic E-state index is 5.47. The van der Waals surface area contributed by atoms with E-state index in [1.54, 1.807) is 0 Å². The number of ether oxygens (including phenoxy) is 1. The van der Waals surface area contributed by atoms with Gasteiger partial charge in [-0.1, -0.05) is 5.16 Å². The van der Waals surface area contributed by atoms with Gasteiger partial charge in [0, 0.05) is 23.1 Å². The molecule has 7 heteroatoms. The molecular weight excluding hydrogens is 324 g/mol. The first-order valence-corrected chi connectivity index (χ1v) is 7.22. The van der Waals surface area contributed by atoms with E-state index < -0.39 is 0 Å². The summed E-state index contributed by atoms with van der Waals surface area (Å²) in [7, 11) is 0. The quantitative estimate of drug-likeness (QED) is 0.919. The standard InChI is InChI=1S/C13H15BrN4O2/c14-10-7-9(13-16-12(8-15)20-17-13)1-2-11(10)18-3-5-19-6-4-18/h1-2,7H,3-6,8,15H2. The number of hydrogen-bond donors (Lipinski definition) is 1. The third-order valence-corrected chi connectivity index (χ3v) is 3.84. The number of rotatable bonds is 3. The van der Waals surface area contributed by atoms with E-state index in [1.807, 2.05) is 12.1 Å². The molecule has 1 saturated heterocycles. The summed E-state index contributed by atoms with van der Waals surface area (Å²) < 4.78 is 11.4. The van der Waals surface area contributed by atoms with Crippen molar-refractivity contribution in [3.63, 3.8) is 0 Å². The Morgan fingerprint density at radius 1 is 1.30 bits per heavy atom. The molecule has 20 heavy (non-hydrogen) atoms. The largest absolute Gasteiger partial charge is 0.378 e. The van der Waals surface area contributed by atoms with E-state index in [4.69, 9.17) is 15.0 Å². The number of nitrogens with two attached hydrogens (primary N) is 1. The molecule has 106 valence electrons. The molecule has 0 aliphatic carbocycles. The Kier molecular flexibility index (Phi) is 4.00. The SMILES string of the molecule is NCc1nc(-c2ccc(N3CCOCC3)c(Br)c2)no1. The van der Waals surface area contributed by atoms with E-state index in [-0.39, 0.29) is 6.54 Å². The first kappa shape index (κ1) is 13.5. The highest BCUT2D eigenvalue weighted by molar-refractivity contribution is 9.10. The van der Waals surface area contributed by atoms with Crippen LogP contribution in [-0.4, -0.2) is 36.4 Å². The summed E-state index contributed by atoms with van der Waals surface area (Å²) >= 11 is 3.61. The molecule has 1 aliphatic heterocycles. The second kappa shape index (κ2) is 5.90. The van der Waals surface area contributed by atoms with Crippen LogP contribution < -0.4 is 10.6 Å². The van der Waals surface area contributed by atoms with Gasteiger partial charge in [-0.25, -0.2) is 0 Å². The van der Waals surface area contributed by atoms with Crippen LogP contribution >= 0.6 is 15.9 Å². The van der Waals surface area contributed by atoms with Crippen molar-refractivity contribution in [1.82, 2.24) is 10.1 Å². The fraction of sp³-hybridized carbons (Fsp3) is 0.385. The zero-order valence-corrected chi connectivity index (χ0v) is 12.5. The van der Waals surface area contributed by atoms with Crippen molar-refractivity contribution < 1.29 is 9.26 Å². The highest BCUT2D eigenvalue weighted by atomic mass is 79.9. The third kappa shape index (κ3) is 2.70. The predicted molar refractivity (Wildman–Crippen MR) is 78.4 cm³/mol. The lowest BCUT2D eigenvalue weighted by Crippen LogP contribution is -2.36. The molecule has 0 spiro atoms. The number of hydrogen-bond acceptors (Lipinski definition) is 6. The van der Waals surface area contributed by atoms with Crippen LogP contribution in [0.25, 0.3) is 11.4 Å². The van der Waals surface area contributed by atoms with Gasteiger partial charge in [0.2, 0.25) is 11.7 Å². The van der Waals surface area contributed by atoms with Gasteiger partial charge in [0.05, 0.1) is 25.4 Å². The molecule has 1 aromatic heterocycles. The summed E-state index contributed by atoms with van der Waals surface area (Å²) in [5, 5.41) is 3.92. The molecule has 0 unspecified atom stereocenters. The average Bonchev–Trinajstić information content (AvgIpc) is 2.97. The molecular formula is C13H15BrN4O2. The summed E-state index contributed by atoms with van der Waals surface area (Å²) in [5.41, 5.74) is 7.52. The number of nitrogens with zero attached hydrogens (tertiary/aromatic N) is 3. The van der Waals surface area contributed by atoms with Crippen molar-refractivity contribution in [2.45, 2.75) is 6.54 Å². The Hall–Kier alpha value is -1.44. The molecule has 0 atom stereocenters. The molecule has 0 amide bonds. The zero-order chi connectivity index (χ0) is 13.9. The van der Waals surface area contributed by atoms with Crippen molar-refractivity contribution in [3.05, 3.63) is 28.6 Å². The van der Waals surface area contributed by atoms with E-state index in [2.05, 4.69) is 37.0 Å². The Morgan fingerprint density at radius 2 is 2.10 bits per heavy atom. The summed E-state index contributed by atoms with van der Waals surface area (Å²) in [5.74, 6) is 0.994. The second-order valence-corrected chi connectivity index (χ2v) is 5.34. The van der Waals surface area contributed by atoms with Gasteiger partial charge in [0.1, 0.15) is 0 Å². The van der Waals surface area contributed by atoms with Gasteiger partial charge in [-0.2, -0.15) is 4.98 Å². The number of anilines is 1. The van der Waals surface area contributed by atoms with Crippen molar-refractivity contribution in [2.75, 3.05) is 31.2 Å². The number of benzene rings is 1. The fourth-order valence-electron chi connectivity index (χ4n) is 2.16. The van der Waals surface area contributed by atoms with E-state index in [9.17, 15) is 0 Å². The van der Waals surface area contributed by atoms with Crippen LogP contribution in [0, 0.1) is 0 Å². The number of halogens is 1. The monoisotopic (exact) mass is 338 g/mol. The van der Waals surface area contributed by atoms with Gasteiger partial charge in [0.15, 0.2) is 0 Å². The minimum atomic E-state index is 0.250. The number of morpholine rings is 1. The normalized spacial score (nSPS) is 15.6. The predicted octanol–water partition coefficient (Wildman–Crippen LogP) is 1.79. The van der Waals surface area contributed by atoms with Crippen LogP contribution in [0.15, 0.2) is 27.2 Å². The molecule has 0 radical (unpaired) electrons. The van der Waals surface area contributed by atoms with Crippen LogP contribution in [0.3, 0.4) is 0 Å². The lowest BCUT2D eigenvalue weighted by Gasteiger charge is -2.29. The summed E-state index contributed by atoms with van der Waals surface area (Å²) in [6, 6.07) is 6.04. The van der Waals surface area contributed by atoms with Crippen molar-refractivity contribution in [1.29, 1.82) is 0 Å². The summed E-state index contributed by atoms with van der Waals surface area (Å²) in [4.78, 5) is 6.52. The van der Waals surface area contributed by atoms with E-state index in [0.717, 1.165) is 42.0 Å². The first-order valence-electron chi connectivity index (χ1n) is 6.43. The van der Waals surface area contributed by atoms with Crippen molar-refractivity contribution in [2.24, 2.45) is 5.73 Å². The molecule has 0 bridgehead atoms. The molecule has 2 heterocycles. The molecule has 1 aliphatic rings. The van der Waals surface area contributed by atoms with Crippen molar-refractivity contribution >= 4 is 21.6 Å². The Labute approximate surface area is 125 Å². The van der Waals surface area contributed by atoms with Gasteiger partial charge in [-0.05, 0) is 34.1 Å². The fourth-order valence-corrected chi connectivity index (χ4v) is 2.79. The third-order valence-electron chi connectivity index (χ3n) is 3.20. The van der Waals surface area contributed by atoms with Gasteiger partial charge in [-0.15, -0.1) is 0 Å². The Balaban J connectivity index is 1.86.